The van der Waals surface area contributed by atoms with Crippen LogP contribution in [0.5, 0.6) is 17.2 Å². The van der Waals surface area contributed by atoms with Gasteiger partial charge in [0.1, 0.15) is 5.82 Å². The summed E-state index contributed by atoms with van der Waals surface area (Å²) in [5.41, 5.74) is 18.6. The van der Waals surface area contributed by atoms with E-state index in [4.69, 9.17) is 31.4 Å². The second-order valence-electron chi connectivity index (χ2n) is 5.14. The molecule has 1 heterocycles. The number of nitrogens with zero attached hydrogens (tertiary/aromatic N) is 2. The molecular weight excluding hydrogens is 381 g/mol. The summed E-state index contributed by atoms with van der Waals surface area (Å²) in [6, 6.07) is 3.74. The molecule has 0 bridgehead atoms. The molecule has 8 nitrogen and oxygen atoms in total. The van der Waals surface area contributed by atoms with Crippen LogP contribution in [0.3, 0.4) is 0 Å². The number of halogens is 2. The van der Waals surface area contributed by atoms with Crippen molar-refractivity contribution < 1.29 is 14.2 Å². The van der Waals surface area contributed by atoms with Crippen LogP contribution in [0, 0.1) is 0 Å². The fourth-order valence-corrected chi connectivity index (χ4v) is 2.23. The fraction of sp³-hybridized carbons (Fsp3) is 0.375. The lowest BCUT2D eigenvalue weighted by Gasteiger charge is -2.16. The predicted octanol–water partition coefficient (Wildman–Crippen LogP) is 1.82. The molecule has 0 saturated carbocycles. The first-order valence-electron chi connectivity index (χ1n) is 7.53. The molecule has 0 amide bonds. The largest absolute Gasteiger partial charge is 0.493 e. The van der Waals surface area contributed by atoms with Crippen molar-refractivity contribution >= 4 is 36.6 Å². The second-order valence-corrected chi connectivity index (χ2v) is 5.14. The molecule has 2 rings (SSSR count). The van der Waals surface area contributed by atoms with Crippen LogP contribution in [0.1, 0.15) is 17.5 Å². The smallest absolute Gasteiger partial charge is 0.221 e. The number of benzene rings is 1. The Morgan fingerprint density at radius 1 is 1.04 bits per heavy atom. The van der Waals surface area contributed by atoms with Gasteiger partial charge in [-0.05, 0) is 30.7 Å². The molecule has 26 heavy (non-hydrogen) atoms. The Labute approximate surface area is 165 Å². The van der Waals surface area contributed by atoms with E-state index in [1.807, 2.05) is 12.1 Å². The van der Waals surface area contributed by atoms with E-state index >= 15 is 0 Å². The number of methoxy groups -OCH3 is 2. The first kappa shape index (κ1) is 23.8. The summed E-state index contributed by atoms with van der Waals surface area (Å²) in [5, 5.41) is 0. The van der Waals surface area contributed by atoms with E-state index in [9.17, 15) is 0 Å². The number of hydrogen-bond donors (Lipinski definition) is 3. The standard InChI is InChI=1S/C16H23N5O3.2ClH/c1-22-12-7-10(6-11-9-20-16(19)21-15(11)18)8-13(23-2)14(12)24-5-3-4-17;;/h7-9H,3-6,17H2,1-2H3,(H4,18,19,20,21);2*1H. The number of nitrogens with two attached hydrogens (primary N) is 3. The highest BCUT2D eigenvalue weighted by Gasteiger charge is 2.15. The molecule has 0 aliphatic heterocycles. The lowest BCUT2D eigenvalue weighted by molar-refractivity contribution is 0.272. The predicted molar refractivity (Wildman–Crippen MR) is 107 cm³/mol. The highest BCUT2D eigenvalue weighted by molar-refractivity contribution is 5.85. The molecule has 0 spiro atoms. The summed E-state index contributed by atoms with van der Waals surface area (Å²) in [7, 11) is 3.16. The molecular formula is C16H25Cl2N5O3. The van der Waals surface area contributed by atoms with Gasteiger partial charge in [0.2, 0.25) is 11.7 Å². The minimum Gasteiger partial charge on any atom is -0.493 e. The first-order valence-corrected chi connectivity index (χ1v) is 7.53. The topological polar surface area (TPSA) is 132 Å². The normalized spacial score (nSPS) is 9.65. The van der Waals surface area contributed by atoms with Gasteiger partial charge in [-0.15, -0.1) is 24.8 Å². The Balaban J connectivity index is 0.00000312. The van der Waals surface area contributed by atoms with Gasteiger partial charge in [0.25, 0.3) is 0 Å². The van der Waals surface area contributed by atoms with Gasteiger partial charge in [-0.1, -0.05) is 0 Å². The van der Waals surface area contributed by atoms with E-state index in [1.54, 1.807) is 20.4 Å². The quantitative estimate of drug-likeness (QED) is 0.566. The number of ether oxygens (including phenoxy) is 3. The molecule has 0 atom stereocenters. The van der Waals surface area contributed by atoms with E-state index in [1.165, 1.54) is 0 Å². The molecule has 10 heteroatoms. The molecule has 0 aliphatic carbocycles. The number of rotatable bonds is 8. The Morgan fingerprint density at radius 3 is 2.15 bits per heavy atom. The molecule has 146 valence electrons. The van der Waals surface area contributed by atoms with Crippen molar-refractivity contribution in [2.75, 3.05) is 38.8 Å². The van der Waals surface area contributed by atoms with Crippen LogP contribution in [-0.2, 0) is 6.42 Å². The fourth-order valence-electron chi connectivity index (χ4n) is 2.23. The summed E-state index contributed by atoms with van der Waals surface area (Å²) in [4.78, 5) is 7.94. The zero-order valence-electron chi connectivity index (χ0n) is 14.7. The van der Waals surface area contributed by atoms with Crippen LogP contribution in [0.25, 0.3) is 0 Å². The van der Waals surface area contributed by atoms with E-state index < -0.39 is 0 Å². The Bertz CT molecular complexity index is 679. The minimum absolute atomic E-state index is 0. The molecule has 0 aliphatic rings. The lowest BCUT2D eigenvalue weighted by Crippen LogP contribution is -2.08. The maximum absolute atomic E-state index is 5.89. The maximum atomic E-state index is 5.89. The number of aromatic nitrogens is 2. The van der Waals surface area contributed by atoms with Crippen molar-refractivity contribution in [3.8, 4) is 17.2 Å². The summed E-state index contributed by atoms with van der Waals surface area (Å²) < 4.78 is 16.6. The van der Waals surface area contributed by atoms with Crippen molar-refractivity contribution in [1.82, 2.24) is 9.97 Å². The van der Waals surface area contributed by atoms with Gasteiger partial charge in [-0.3, -0.25) is 0 Å². The van der Waals surface area contributed by atoms with Gasteiger partial charge in [0.05, 0.1) is 20.8 Å². The van der Waals surface area contributed by atoms with Crippen LogP contribution in [0.2, 0.25) is 0 Å². The number of nitrogen functional groups attached to an aromatic ring is 2. The zero-order chi connectivity index (χ0) is 17.5. The minimum atomic E-state index is 0. The summed E-state index contributed by atoms with van der Waals surface area (Å²) in [5.74, 6) is 2.21. The van der Waals surface area contributed by atoms with Gasteiger partial charge < -0.3 is 31.4 Å². The van der Waals surface area contributed by atoms with Crippen LogP contribution in [-0.4, -0.2) is 37.3 Å². The van der Waals surface area contributed by atoms with Crippen LogP contribution >= 0.6 is 24.8 Å². The maximum Gasteiger partial charge on any atom is 0.221 e. The molecule has 6 N–H and O–H groups in total. The van der Waals surface area contributed by atoms with Crippen molar-refractivity contribution in [2.24, 2.45) is 5.73 Å². The monoisotopic (exact) mass is 405 g/mol. The highest BCUT2D eigenvalue weighted by atomic mass is 35.5. The third-order valence-corrected chi connectivity index (χ3v) is 3.43. The molecule has 0 saturated heterocycles. The third-order valence-electron chi connectivity index (χ3n) is 3.43. The molecule has 0 radical (unpaired) electrons. The van der Waals surface area contributed by atoms with Crippen molar-refractivity contribution in [2.45, 2.75) is 12.8 Å². The molecule has 0 unspecified atom stereocenters. The first-order chi connectivity index (χ1) is 11.6. The van der Waals surface area contributed by atoms with E-state index in [0.717, 1.165) is 17.5 Å². The zero-order valence-corrected chi connectivity index (χ0v) is 16.4. The van der Waals surface area contributed by atoms with Crippen molar-refractivity contribution in [1.29, 1.82) is 0 Å². The van der Waals surface area contributed by atoms with E-state index in [0.29, 0.717) is 42.6 Å². The molecule has 1 aromatic carbocycles. The molecule has 2 aromatic rings. The summed E-state index contributed by atoms with van der Waals surface area (Å²) in [6.07, 6.45) is 2.87. The van der Waals surface area contributed by atoms with Gasteiger partial charge >= 0.3 is 0 Å². The van der Waals surface area contributed by atoms with Crippen LogP contribution in [0.4, 0.5) is 11.8 Å². The van der Waals surface area contributed by atoms with Crippen LogP contribution in [0.15, 0.2) is 18.3 Å². The van der Waals surface area contributed by atoms with Crippen LogP contribution < -0.4 is 31.4 Å². The van der Waals surface area contributed by atoms with Gasteiger partial charge in [-0.25, -0.2) is 4.98 Å². The summed E-state index contributed by atoms with van der Waals surface area (Å²) >= 11 is 0. The molecule has 0 fully saturated rings. The number of anilines is 2. The van der Waals surface area contributed by atoms with Gasteiger partial charge in [0, 0.05) is 18.2 Å². The summed E-state index contributed by atoms with van der Waals surface area (Å²) in [6.45, 7) is 1.04. The SMILES string of the molecule is COc1cc(Cc2cnc(N)nc2N)cc(OC)c1OCCCN.Cl.Cl. The van der Waals surface area contributed by atoms with Gasteiger partial charge in [-0.2, -0.15) is 4.98 Å². The Hall–Kier alpha value is -2.16. The third kappa shape index (κ3) is 5.98. The highest BCUT2D eigenvalue weighted by Crippen LogP contribution is 2.39. The second kappa shape index (κ2) is 11.5. The average molecular weight is 406 g/mol. The van der Waals surface area contributed by atoms with Crippen molar-refractivity contribution in [3.63, 3.8) is 0 Å². The lowest BCUT2D eigenvalue weighted by atomic mass is 10.1. The Morgan fingerprint density at radius 2 is 1.65 bits per heavy atom. The van der Waals surface area contributed by atoms with Gasteiger partial charge in [0.15, 0.2) is 11.5 Å². The average Bonchev–Trinajstić information content (AvgIpc) is 2.58. The van der Waals surface area contributed by atoms with E-state index in [2.05, 4.69) is 9.97 Å². The van der Waals surface area contributed by atoms with E-state index in [-0.39, 0.29) is 30.8 Å². The number of hydrogen-bond acceptors (Lipinski definition) is 8. The molecule has 1 aromatic heterocycles. The van der Waals surface area contributed by atoms with Crippen molar-refractivity contribution in [3.05, 3.63) is 29.5 Å². The Kier molecular flexibility index (Phi) is 10.5.